The van der Waals surface area contributed by atoms with Crippen LogP contribution in [-0.4, -0.2) is 35.8 Å². The third-order valence-electron chi connectivity index (χ3n) is 2.07. The van der Waals surface area contributed by atoms with Gasteiger partial charge in [-0.25, -0.2) is 4.79 Å². The number of urea groups is 1. The monoisotopic (exact) mass is 223 g/mol. The summed E-state index contributed by atoms with van der Waals surface area (Å²) in [4.78, 5) is 15.3. The molecule has 0 aliphatic heterocycles. The predicted octanol–water partition coefficient (Wildman–Crippen LogP) is 0.224. The second kappa shape index (κ2) is 6.79. The van der Waals surface area contributed by atoms with Crippen LogP contribution in [0.4, 0.5) is 4.79 Å². The maximum Gasteiger partial charge on any atom is 0.314 e. The first-order chi connectivity index (χ1) is 7.72. The summed E-state index contributed by atoms with van der Waals surface area (Å²) in [5.41, 5.74) is 2.07. The summed E-state index contributed by atoms with van der Waals surface area (Å²) in [6.45, 7) is 2.72. The number of aliphatic hydroxyl groups excluding tert-OH is 1. The van der Waals surface area contributed by atoms with Gasteiger partial charge in [0.05, 0.1) is 6.61 Å². The van der Waals surface area contributed by atoms with Gasteiger partial charge in [0.25, 0.3) is 0 Å². The van der Waals surface area contributed by atoms with Gasteiger partial charge in [0.1, 0.15) is 0 Å². The Morgan fingerprint density at radius 1 is 1.38 bits per heavy atom. The van der Waals surface area contributed by atoms with Crippen molar-refractivity contribution in [2.24, 2.45) is 0 Å². The lowest BCUT2D eigenvalue weighted by atomic mass is 10.2. The summed E-state index contributed by atoms with van der Waals surface area (Å²) >= 11 is 0. The Labute approximate surface area is 94.9 Å². The van der Waals surface area contributed by atoms with Gasteiger partial charge >= 0.3 is 6.03 Å². The highest BCUT2D eigenvalue weighted by Crippen LogP contribution is 1.99. The van der Waals surface area contributed by atoms with E-state index in [1.807, 2.05) is 25.3 Å². The highest BCUT2D eigenvalue weighted by Gasteiger charge is 1.98. The van der Waals surface area contributed by atoms with Gasteiger partial charge in [0.2, 0.25) is 0 Å². The van der Waals surface area contributed by atoms with Crippen LogP contribution in [0.1, 0.15) is 11.3 Å². The van der Waals surface area contributed by atoms with Crippen molar-refractivity contribution in [2.45, 2.75) is 13.3 Å². The molecule has 0 aliphatic rings. The average Bonchev–Trinajstić information content (AvgIpc) is 2.29. The first kappa shape index (κ1) is 12.4. The van der Waals surface area contributed by atoms with Gasteiger partial charge in [-0.05, 0) is 25.0 Å². The van der Waals surface area contributed by atoms with Crippen LogP contribution in [0.3, 0.4) is 0 Å². The minimum atomic E-state index is -0.255. The number of aliphatic hydroxyl groups is 1. The number of aryl methyl sites for hydroxylation is 1. The molecule has 5 nitrogen and oxygen atoms in total. The molecule has 1 heterocycles. The third-order valence-corrected chi connectivity index (χ3v) is 2.07. The number of carbonyl (C=O) groups excluding carboxylic acids is 1. The topological polar surface area (TPSA) is 74.2 Å². The van der Waals surface area contributed by atoms with Crippen LogP contribution in [-0.2, 0) is 6.42 Å². The summed E-state index contributed by atoms with van der Waals surface area (Å²) in [5, 5.41) is 13.7. The molecular formula is C11H17N3O2. The van der Waals surface area contributed by atoms with Crippen molar-refractivity contribution >= 4 is 6.03 Å². The minimum absolute atomic E-state index is 0.0463. The molecule has 1 aromatic rings. The van der Waals surface area contributed by atoms with Crippen molar-refractivity contribution in [1.82, 2.24) is 15.6 Å². The third kappa shape index (κ3) is 4.75. The maximum absolute atomic E-state index is 11.1. The number of hydrogen-bond donors (Lipinski definition) is 3. The zero-order chi connectivity index (χ0) is 11.8. The van der Waals surface area contributed by atoms with E-state index in [0.717, 1.165) is 17.7 Å². The van der Waals surface area contributed by atoms with Gasteiger partial charge in [-0.1, -0.05) is 6.07 Å². The lowest BCUT2D eigenvalue weighted by Crippen LogP contribution is -2.37. The lowest BCUT2D eigenvalue weighted by molar-refractivity contribution is 0.234. The molecule has 0 saturated carbocycles. The fourth-order valence-corrected chi connectivity index (χ4v) is 1.20. The quantitative estimate of drug-likeness (QED) is 0.668. The molecule has 0 spiro atoms. The van der Waals surface area contributed by atoms with Crippen molar-refractivity contribution < 1.29 is 9.90 Å². The van der Waals surface area contributed by atoms with Gasteiger partial charge in [-0.15, -0.1) is 0 Å². The molecule has 16 heavy (non-hydrogen) atoms. The molecule has 0 atom stereocenters. The number of carbonyl (C=O) groups is 1. The molecule has 88 valence electrons. The van der Waals surface area contributed by atoms with E-state index in [9.17, 15) is 4.79 Å². The molecule has 5 heteroatoms. The Morgan fingerprint density at radius 2 is 2.12 bits per heavy atom. The van der Waals surface area contributed by atoms with Crippen molar-refractivity contribution in [3.05, 3.63) is 29.6 Å². The largest absolute Gasteiger partial charge is 0.395 e. The molecule has 0 fully saturated rings. The van der Waals surface area contributed by atoms with E-state index in [1.54, 1.807) is 0 Å². The Kier molecular flexibility index (Phi) is 5.28. The highest BCUT2D eigenvalue weighted by molar-refractivity contribution is 5.73. The number of amides is 2. The second-order valence-corrected chi connectivity index (χ2v) is 3.46. The van der Waals surface area contributed by atoms with E-state index < -0.39 is 0 Å². The molecule has 2 amide bonds. The fraction of sp³-hybridized carbons (Fsp3) is 0.455. The second-order valence-electron chi connectivity index (χ2n) is 3.46. The Balaban J connectivity index is 2.20. The van der Waals surface area contributed by atoms with Gasteiger partial charge in [0.15, 0.2) is 0 Å². The van der Waals surface area contributed by atoms with Crippen molar-refractivity contribution in [3.63, 3.8) is 0 Å². The normalized spacial score (nSPS) is 9.88. The van der Waals surface area contributed by atoms with Gasteiger partial charge in [-0.3, -0.25) is 4.98 Å². The summed E-state index contributed by atoms with van der Waals surface area (Å²) in [6, 6.07) is 3.69. The Bertz CT molecular complexity index is 325. The molecule has 0 saturated heterocycles. The molecule has 0 aromatic carbocycles. The lowest BCUT2D eigenvalue weighted by Gasteiger charge is -2.06. The molecule has 1 rings (SSSR count). The molecule has 0 unspecified atom stereocenters. The number of hydrogen-bond acceptors (Lipinski definition) is 3. The summed E-state index contributed by atoms with van der Waals surface area (Å²) in [5.74, 6) is 0. The Hall–Kier alpha value is -1.62. The highest BCUT2D eigenvalue weighted by atomic mass is 16.3. The van der Waals surface area contributed by atoms with E-state index in [2.05, 4.69) is 15.6 Å². The SMILES string of the molecule is Cc1ccc(CCNC(=O)NCCO)cn1. The number of pyridine rings is 1. The smallest absolute Gasteiger partial charge is 0.314 e. The Morgan fingerprint density at radius 3 is 2.75 bits per heavy atom. The van der Waals surface area contributed by atoms with Crippen LogP contribution in [0.15, 0.2) is 18.3 Å². The molecule has 1 aromatic heterocycles. The summed E-state index contributed by atoms with van der Waals surface area (Å²) < 4.78 is 0. The van der Waals surface area contributed by atoms with Crippen molar-refractivity contribution in [3.8, 4) is 0 Å². The van der Waals surface area contributed by atoms with E-state index in [-0.39, 0.29) is 19.2 Å². The van der Waals surface area contributed by atoms with Crippen LogP contribution in [0.5, 0.6) is 0 Å². The van der Waals surface area contributed by atoms with E-state index in [0.29, 0.717) is 6.54 Å². The van der Waals surface area contributed by atoms with Crippen LogP contribution in [0.25, 0.3) is 0 Å². The zero-order valence-corrected chi connectivity index (χ0v) is 9.36. The van der Waals surface area contributed by atoms with Gasteiger partial charge < -0.3 is 15.7 Å². The van der Waals surface area contributed by atoms with Gasteiger partial charge in [0, 0.05) is 25.0 Å². The van der Waals surface area contributed by atoms with Crippen molar-refractivity contribution in [1.29, 1.82) is 0 Å². The first-order valence-electron chi connectivity index (χ1n) is 5.26. The molecule has 0 bridgehead atoms. The maximum atomic E-state index is 11.1. The standard InChI is InChI=1S/C11H17N3O2/c1-9-2-3-10(8-14-9)4-5-12-11(16)13-6-7-15/h2-3,8,15H,4-7H2,1H3,(H2,12,13,16). The number of nitrogens with one attached hydrogen (secondary N) is 2. The van der Waals surface area contributed by atoms with E-state index >= 15 is 0 Å². The molecular weight excluding hydrogens is 206 g/mol. The van der Waals surface area contributed by atoms with Gasteiger partial charge in [-0.2, -0.15) is 0 Å². The van der Waals surface area contributed by atoms with Crippen LogP contribution < -0.4 is 10.6 Å². The average molecular weight is 223 g/mol. The fourth-order valence-electron chi connectivity index (χ4n) is 1.20. The summed E-state index contributed by atoms with van der Waals surface area (Å²) in [7, 11) is 0. The van der Waals surface area contributed by atoms with Crippen LogP contribution >= 0.6 is 0 Å². The van der Waals surface area contributed by atoms with Crippen LogP contribution in [0, 0.1) is 6.92 Å². The zero-order valence-electron chi connectivity index (χ0n) is 9.36. The molecule has 3 N–H and O–H groups in total. The predicted molar refractivity (Wildman–Crippen MR) is 61.2 cm³/mol. The van der Waals surface area contributed by atoms with Crippen LogP contribution in [0.2, 0.25) is 0 Å². The van der Waals surface area contributed by atoms with Crippen molar-refractivity contribution in [2.75, 3.05) is 19.7 Å². The van der Waals surface area contributed by atoms with E-state index in [1.165, 1.54) is 0 Å². The first-order valence-corrected chi connectivity index (χ1v) is 5.26. The molecule has 0 radical (unpaired) electrons. The molecule has 0 aliphatic carbocycles. The number of aromatic nitrogens is 1. The summed E-state index contributed by atoms with van der Waals surface area (Å²) in [6.07, 6.45) is 2.56. The number of nitrogens with zero attached hydrogens (tertiary/aromatic N) is 1. The van der Waals surface area contributed by atoms with E-state index in [4.69, 9.17) is 5.11 Å². The number of rotatable bonds is 5. The minimum Gasteiger partial charge on any atom is -0.395 e.